The molecule has 4 nitrogen and oxygen atoms in total. The number of hydrogen-bond acceptors (Lipinski definition) is 4. The van der Waals surface area contributed by atoms with Crippen LogP contribution in [0.25, 0.3) is 0 Å². The standard InChI is InChI=1S/C13H25N3O.ClH/c1-2-3-4-5-6-14-13-15-7-8-16-9-11-17-12-10-16;/h2-12H2,1H3;1H. The highest BCUT2D eigenvalue weighted by Crippen LogP contribution is 1.98. The van der Waals surface area contributed by atoms with E-state index in [0.717, 1.165) is 45.9 Å². The van der Waals surface area contributed by atoms with E-state index in [-0.39, 0.29) is 12.4 Å². The Morgan fingerprint density at radius 1 is 1.06 bits per heavy atom. The minimum atomic E-state index is 0. The molecule has 0 N–H and O–H groups in total. The normalized spacial score (nSPS) is 15.6. The van der Waals surface area contributed by atoms with Crippen LogP contribution in [0, 0.1) is 0 Å². The summed E-state index contributed by atoms with van der Waals surface area (Å²) in [5, 5.41) is 0. The molecule has 0 spiro atoms. The fourth-order valence-corrected chi connectivity index (χ4v) is 1.78. The third-order valence-corrected chi connectivity index (χ3v) is 2.90. The second-order valence-electron chi connectivity index (χ2n) is 4.38. The topological polar surface area (TPSA) is 37.2 Å². The molecule has 0 aromatic heterocycles. The second-order valence-corrected chi connectivity index (χ2v) is 4.38. The molecule has 1 aliphatic rings. The van der Waals surface area contributed by atoms with Gasteiger partial charge in [0.05, 0.1) is 25.8 Å². The number of nitrogens with zero attached hydrogens (tertiary/aromatic N) is 3. The van der Waals surface area contributed by atoms with Crippen LogP contribution in [0.1, 0.15) is 32.6 Å². The highest BCUT2D eigenvalue weighted by molar-refractivity contribution is 5.85. The number of unbranched alkanes of at least 4 members (excludes halogenated alkanes) is 3. The van der Waals surface area contributed by atoms with Gasteiger partial charge in [0.2, 0.25) is 0 Å². The molecule has 0 bridgehead atoms. The lowest BCUT2D eigenvalue weighted by molar-refractivity contribution is 0.0395. The van der Waals surface area contributed by atoms with Gasteiger partial charge in [-0.3, -0.25) is 4.90 Å². The molecular weight excluding hydrogens is 250 g/mol. The molecule has 0 aromatic carbocycles. The molecule has 1 rings (SSSR count). The van der Waals surface area contributed by atoms with Crippen LogP contribution in [0.15, 0.2) is 9.98 Å². The number of halogens is 1. The molecule has 1 fully saturated rings. The quantitative estimate of drug-likeness (QED) is 0.504. The van der Waals surface area contributed by atoms with Crippen LogP contribution in [0.4, 0.5) is 0 Å². The summed E-state index contributed by atoms with van der Waals surface area (Å²) in [5.74, 6) is 0. The lowest BCUT2D eigenvalue weighted by Crippen LogP contribution is -2.37. The zero-order valence-corrected chi connectivity index (χ0v) is 12.3. The van der Waals surface area contributed by atoms with E-state index in [1.165, 1.54) is 25.7 Å². The van der Waals surface area contributed by atoms with E-state index >= 15 is 0 Å². The SMILES string of the molecule is CCCCCCN=C=NCCN1CCOCC1.Cl. The fourth-order valence-electron chi connectivity index (χ4n) is 1.78. The Bertz CT molecular complexity index is 236. The highest BCUT2D eigenvalue weighted by atomic mass is 35.5. The van der Waals surface area contributed by atoms with Crippen molar-refractivity contribution in [2.24, 2.45) is 9.98 Å². The average Bonchev–Trinajstić information content (AvgIpc) is 2.38. The van der Waals surface area contributed by atoms with Gasteiger partial charge in [-0.1, -0.05) is 26.2 Å². The van der Waals surface area contributed by atoms with Gasteiger partial charge in [0, 0.05) is 26.2 Å². The average molecular weight is 276 g/mol. The summed E-state index contributed by atoms with van der Waals surface area (Å²) in [7, 11) is 0. The van der Waals surface area contributed by atoms with Gasteiger partial charge in [-0.25, -0.2) is 9.98 Å². The predicted octanol–water partition coefficient (Wildman–Crippen LogP) is 2.49. The molecule has 0 unspecified atom stereocenters. The zero-order chi connectivity index (χ0) is 12.2. The Hall–Kier alpha value is -0.410. The molecule has 5 heteroatoms. The van der Waals surface area contributed by atoms with Crippen LogP contribution in [-0.4, -0.2) is 56.8 Å². The number of hydrogen-bond donors (Lipinski definition) is 0. The number of rotatable bonds is 8. The molecule has 0 aromatic rings. The van der Waals surface area contributed by atoms with E-state index in [0.29, 0.717) is 0 Å². The number of ether oxygens (including phenoxy) is 1. The third kappa shape index (κ3) is 9.60. The predicted molar refractivity (Wildman–Crippen MR) is 78.2 cm³/mol. The third-order valence-electron chi connectivity index (χ3n) is 2.90. The maximum absolute atomic E-state index is 5.28. The molecule has 0 saturated carbocycles. The van der Waals surface area contributed by atoms with E-state index in [9.17, 15) is 0 Å². The molecule has 1 heterocycles. The van der Waals surface area contributed by atoms with Gasteiger partial charge in [0.25, 0.3) is 0 Å². The monoisotopic (exact) mass is 275 g/mol. The Morgan fingerprint density at radius 2 is 1.78 bits per heavy atom. The van der Waals surface area contributed by atoms with Crippen LogP contribution < -0.4 is 0 Å². The molecule has 106 valence electrons. The van der Waals surface area contributed by atoms with E-state index in [1.807, 2.05) is 0 Å². The van der Waals surface area contributed by atoms with Gasteiger partial charge in [-0.05, 0) is 6.42 Å². The molecular formula is C13H26ClN3O. The van der Waals surface area contributed by atoms with Crippen molar-refractivity contribution in [1.82, 2.24) is 4.90 Å². The van der Waals surface area contributed by atoms with Gasteiger partial charge < -0.3 is 4.74 Å². The summed E-state index contributed by atoms with van der Waals surface area (Å²) in [6, 6.07) is 2.79. The summed E-state index contributed by atoms with van der Waals surface area (Å²) in [6.45, 7) is 8.68. The first-order valence-electron chi connectivity index (χ1n) is 6.81. The lowest BCUT2D eigenvalue weighted by atomic mass is 10.2. The molecule has 0 atom stereocenters. The van der Waals surface area contributed by atoms with Crippen molar-refractivity contribution in [3.05, 3.63) is 0 Å². The summed E-state index contributed by atoms with van der Waals surface area (Å²) in [6.07, 6.45) is 5.02. The summed E-state index contributed by atoms with van der Waals surface area (Å²) in [4.78, 5) is 10.7. The van der Waals surface area contributed by atoms with Crippen molar-refractivity contribution >= 4 is 18.4 Å². The molecule has 0 amide bonds. The molecule has 18 heavy (non-hydrogen) atoms. The number of morpholine rings is 1. The van der Waals surface area contributed by atoms with Crippen LogP contribution in [0.2, 0.25) is 0 Å². The maximum atomic E-state index is 5.28. The van der Waals surface area contributed by atoms with Crippen molar-refractivity contribution in [3.63, 3.8) is 0 Å². The van der Waals surface area contributed by atoms with Gasteiger partial charge in [0.1, 0.15) is 0 Å². The zero-order valence-electron chi connectivity index (χ0n) is 11.4. The minimum absolute atomic E-state index is 0. The van der Waals surface area contributed by atoms with Crippen LogP contribution >= 0.6 is 12.4 Å². The maximum Gasteiger partial charge on any atom is 0.0893 e. The Labute approximate surface area is 117 Å². The van der Waals surface area contributed by atoms with Crippen molar-refractivity contribution < 1.29 is 4.74 Å². The lowest BCUT2D eigenvalue weighted by Gasteiger charge is -2.25. The van der Waals surface area contributed by atoms with Crippen molar-refractivity contribution in [2.45, 2.75) is 32.6 Å². The van der Waals surface area contributed by atoms with Gasteiger partial charge in [0.15, 0.2) is 0 Å². The Balaban J connectivity index is 0.00000289. The van der Waals surface area contributed by atoms with E-state index in [2.05, 4.69) is 27.8 Å². The number of aliphatic imine (C=N–C) groups is 2. The molecule has 1 saturated heterocycles. The molecule has 0 radical (unpaired) electrons. The molecule has 0 aliphatic carbocycles. The van der Waals surface area contributed by atoms with E-state index in [4.69, 9.17) is 4.74 Å². The fraction of sp³-hybridized carbons (Fsp3) is 0.923. The van der Waals surface area contributed by atoms with Crippen LogP contribution in [0.3, 0.4) is 0 Å². The van der Waals surface area contributed by atoms with Crippen molar-refractivity contribution in [2.75, 3.05) is 45.9 Å². The minimum Gasteiger partial charge on any atom is -0.379 e. The van der Waals surface area contributed by atoms with Gasteiger partial charge >= 0.3 is 0 Å². The van der Waals surface area contributed by atoms with E-state index < -0.39 is 0 Å². The largest absolute Gasteiger partial charge is 0.379 e. The Kier molecular flexibility index (Phi) is 12.7. The van der Waals surface area contributed by atoms with Crippen LogP contribution in [-0.2, 0) is 4.74 Å². The van der Waals surface area contributed by atoms with Crippen LogP contribution in [0.5, 0.6) is 0 Å². The van der Waals surface area contributed by atoms with E-state index in [1.54, 1.807) is 0 Å². The van der Waals surface area contributed by atoms with Crippen molar-refractivity contribution in [1.29, 1.82) is 0 Å². The smallest absolute Gasteiger partial charge is 0.0893 e. The Morgan fingerprint density at radius 3 is 2.50 bits per heavy atom. The first-order chi connectivity index (χ1) is 8.43. The highest BCUT2D eigenvalue weighted by Gasteiger charge is 2.08. The van der Waals surface area contributed by atoms with Crippen molar-refractivity contribution in [3.8, 4) is 0 Å². The summed E-state index contributed by atoms with van der Waals surface area (Å²) in [5.41, 5.74) is 0. The first kappa shape index (κ1) is 17.6. The van der Waals surface area contributed by atoms with Gasteiger partial charge in [-0.15, -0.1) is 12.4 Å². The first-order valence-corrected chi connectivity index (χ1v) is 6.81. The molecule has 1 aliphatic heterocycles. The summed E-state index contributed by atoms with van der Waals surface area (Å²) >= 11 is 0. The second kappa shape index (κ2) is 13.0. The summed E-state index contributed by atoms with van der Waals surface area (Å²) < 4.78 is 5.28. The van der Waals surface area contributed by atoms with Gasteiger partial charge in [-0.2, -0.15) is 0 Å².